The van der Waals surface area contributed by atoms with E-state index in [0.29, 0.717) is 26.1 Å². The fourth-order valence-electron chi connectivity index (χ4n) is 1.47. The quantitative estimate of drug-likeness (QED) is 0.715. The van der Waals surface area contributed by atoms with E-state index in [4.69, 9.17) is 14.6 Å². The first-order valence-corrected chi connectivity index (χ1v) is 5.27. The van der Waals surface area contributed by atoms with Gasteiger partial charge in [0.1, 0.15) is 5.60 Å². The van der Waals surface area contributed by atoms with Gasteiger partial charge in [0.25, 0.3) is 0 Å². The number of esters is 1. The van der Waals surface area contributed by atoms with Crippen LogP contribution in [0.2, 0.25) is 0 Å². The highest BCUT2D eigenvalue weighted by Gasteiger charge is 2.38. The fraction of sp³-hybridized carbons (Fsp3) is 0.909. The van der Waals surface area contributed by atoms with E-state index in [-0.39, 0.29) is 18.0 Å². The summed E-state index contributed by atoms with van der Waals surface area (Å²) in [4.78, 5) is 11.4. The largest absolute Gasteiger partial charge is 0.460 e. The van der Waals surface area contributed by atoms with Crippen LogP contribution in [-0.2, 0) is 14.3 Å². The van der Waals surface area contributed by atoms with Crippen molar-refractivity contribution in [1.82, 2.24) is 0 Å². The van der Waals surface area contributed by atoms with Crippen LogP contribution in [0.5, 0.6) is 0 Å². The predicted octanol–water partition coefficient (Wildman–Crippen LogP) is 1.12. The van der Waals surface area contributed by atoms with Crippen molar-refractivity contribution in [1.29, 1.82) is 0 Å². The van der Waals surface area contributed by atoms with E-state index in [2.05, 4.69) is 0 Å². The lowest BCUT2D eigenvalue weighted by atomic mass is 9.82. The van der Waals surface area contributed by atoms with Gasteiger partial charge >= 0.3 is 5.97 Å². The van der Waals surface area contributed by atoms with Gasteiger partial charge in [0.2, 0.25) is 0 Å². The van der Waals surface area contributed by atoms with Gasteiger partial charge in [0.15, 0.2) is 0 Å². The summed E-state index contributed by atoms with van der Waals surface area (Å²) in [6.07, 6.45) is 0.986. The van der Waals surface area contributed by atoms with Gasteiger partial charge in [-0.3, -0.25) is 4.79 Å². The zero-order valence-electron chi connectivity index (χ0n) is 9.71. The Morgan fingerprint density at radius 3 is 2.40 bits per heavy atom. The van der Waals surface area contributed by atoms with Crippen molar-refractivity contribution < 1.29 is 19.4 Å². The third kappa shape index (κ3) is 3.80. The molecule has 0 aliphatic carbocycles. The standard InChI is InChI=1S/C11H20O4/c1-10(2,3)15-9(13)4-5-11(6-12)7-14-8-11/h12H,4-8H2,1-3H3. The lowest BCUT2D eigenvalue weighted by molar-refractivity contribution is -0.163. The summed E-state index contributed by atoms with van der Waals surface area (Å²) < 4.78 is 10.2. The van der Waals surface area contributed by atoms with E-state index in [1.807, 2.05) is 20.8 Å². The Morgan fingerprint density at radius 2 is 2.07 bits per heavy atom. The number of hydrogen-bond acceptors (Lipinski definition) is 4. The first kappa shape index (κ1) is 12.5. The van der Waals surface area contributed by atoms with Crippen LogP contribution in [0.4, 0.5) is 0 Å². The number of carbonyl (C=O) groups excluding carboxylic acids is 1. The summed E-state index contributed by atoms with van der Waals surface area (Å²) in [5.41, 5.74) is -0.628. The van der Waals surface area contributed by atoms with Gasteiger partial charge in [-0.2, -0.15) is 0 Å². The Morgan fingerprint density at radius 1 is 1.47 bits per heavy atom. The molecule has 4 nitrogen and oxygen atoms in total. The average molecular weight is 216 g/mol. The van der Waals surface area contributed by atoms with Crippen LogP contribution < -0.4 is 0 Å². The second kappa shape index (κ2) is 4.49. The van der Waals surface area contributed by atoms with Gasteiger partial charge in [-0.1, -0.05) is 0 Å². The van der Waals surface area contributed by atoms with Crippen LogP contribution >= 0.6 is 0 Å². The van der Waals surface area contributed by atoms with Crippen molar-refractivity contribution in [2.45, 2.75) is 39.2 Å². The number of rotatable bonds is 4. The Balaban J connectivity index is 2.27. The molecule has 1 aliphatic rings. The van der Waals surface area contributed by atoms with Crippen molar-refractivity contribution in [2.24, 2.45) is 5.41 Å². The molecule has 15 heavy (non-hydrogen) atoms. The van der Waals surface area contributed by atoms with Gasteiger partial charge in [-0.25, -0.2) is 0 Å². The van der Waals surface area contributed by atoms with E-state index in [1.165, 1.54) is 0 Å². The Kier molecular flexibility index (Phi) is 3.73. The van der Waals surface area contributed by atoms with Gasteiger partial charge < -0.3 is 14.6 Å². The van der Waals surface area contributed by atoms with E-state index in [9.17, 15) is 4.79 Å². The molecule has 1 aliphatic heterocycles. The molecule has 1 rings (SSSR count). The van der Waals surface area contributed by atoms with Gasteiger partial charge in [-0.05, 0) is 27.2 Å². The summed E-state index contributed by atoms with van der Waals surface area (Å²) in [7, 11) is 0. The molecule has 1 saturated heterocycles. The smallest absolute Gasteiger partial charge is 0.306 e. The van der Waals surface area contributed by atoms with E-state index >= 15 is 0 Å². The number of ether oxygens (including phenoxy) is 2. The van der Waals surface area contributed by atoms with Crippen LogP contribution in [0.3, 0.4) is 0 Å². The van der Waals surface area contributed by atoms with Crippen molar-refractivity contribution in [3.8, 4) is 0 Å². The van der Waals surface area contributed by atoms with Crippen molar-refractivity contribution in [3.05, 3.63) is 0 Å². The van der Waals surface area contributed by atoms with Gasteiger partial charge in [0, 0.05) is 11.8 Å². The Bertz CT molecular complexity index is 220. The topological polar surface area (TPSA) is 55.8 Å². The number of aliphatic hydroxyl groups is 1. The molecule has 88 valence electrons. The van der Waals surface area contributed by atoms with Crippen LogP contribution in [0.1, 0.15) is 33.6 Å². The van der Waals surface area contributed by atoms with Crippen molar-refractivity contribution in [3.63, 3.8) is 0 Å². The molecule has 0 aromatic carbocycles. The summed E-state index contributed by atoms with van der Waals surface area (Å²) >= 11 is 0. The second-order valence-electron chi connectivity index (χ2n) is 5.24. The number of hydrogen-bond donors (Lipinski definition) is 1. The SMILES string of the molecule is CC(C)(C)OC(=O)CCC1(CO)COC1. The molecule has 0 atom stereocenters. The number of carbonyl (C=O) groups is 1. The molecule has 0 unspecified atom stereocenters. The molecule has 0 aromatic rings. The normalized spacial score (nSPS) is 19.5. The maximum Gasteiger partial charge on any atom is 0.306 e. The van der Waals surface area contributed by atoms with E-state index < -0.39 is 5.60 Å². The molecule has 0 amide bonds. The molecular formula is C11H20O4. The predicted molar refractivity (Wildman–Crippen MR) is 55.4 cm³/mol. The van der Waals surface area contributed by atoms with Crippen molar-refractivity contribution >= 4 is 5.97 Å². The van der Waals surface area contributed by atoms with E-state index in [1.54, 1.807) is 0 Å². The third-order valence-electron chi connectivity index (χ3n) is 2.43. The lowest BCUT2D eigenvalue weighted by Gasteiger charge is -2.39. The maximum atomic E-state index is 11.4. The molecule has 0 saturated carbocycles. The fourth-order valence-corrected chi connectivity index (χ4v) is 1.47. The minimum atomic E-state index is -0.431. The molecule has 4 heteroatoms. The summed E-state index contributed by atoms with van der Waals surface area (Å²) in [5, 5.41) is 9.15. The van der Waals surface area contributed by atoms with Crippen LogP contribution in [-0.4, -0.2) is 36.5 Å². The highest BCUT2D eigenvalue weighted by Crippen LogP contribution is 2.32. The van der Waals surface area contributed by atoms with Crippen LogP contribution in [0.15, 0.2) is 0 Å². The minimum Gasteiger partial charge on any atom is -0.460 e. The molecule has 0 bridgehead atoms. The second-order valence-corrected chi connectivity index (χ2v) is 5.24. The molecule has 0 radical (unpaired) electrons. The van der Waals surface area contributed by atoms with Gasteiger partial charge in [0.05, 0.1) is 19.8 Å². The molecule has 1 N–H and O–H groups in total. The zero-order valence-corrected chi connectivity index (χ0v) is 9.71. The van der Waals surface area contributed by atoms with Crippen LogP contribution in [0, 0.1) is 5.41 Å². The summed E-state index contributed by atoms with van der Waals surface area (Å²) in [6.45, 7) is 6.71. The highest BCUT2D eigenvalue weighted by atomic mass is 16.6. The molecular weight excluding hydrogens is 196 g/mol. The summed E-state index contributed by atoms with van der Waals surface area (Å²) in [6, 6.07) is 0. The molecule has 0 aromatic heterocycles. The average Bonchev–Trinajstić information content (AvgIpc) is 1.99. The minimum absolute atomic E-state index is 0.0792. The van der Waals surface area contributed by atoms with Crippen LogP contribution in [0.25, 0.3) is 0 Å². The first-order chi connectivity index (χ1) is 6.87. The van der Waals surface area contributed by atoms with E-state index in [0.717, 1.165) is 0 Å². The van der Waals surface area contributed by atoms with Gasteiger partial charge in [-0.15, -0.1) is 0 Å². The zero-order chi connectivity index (χ0) is 11.5. The third-order valence-corrected chi connectivity index (χ3v) is 2.43. The monoisotopic (exact) mass is 216 g/mol. The Labute approximate surface area is 90.6 Å². The summed E-state index contributed by atoms with van der Waals surface area (Å²) in [5.74, 6) is -0.206. The molecule has 1 fully saturated rings. The Hall–Kier alpha value is -0.610. The molecule has 1 heterocycles. The first-order valence-electron chi connectivity index (χ1n) is 5.27. The lowest BCUT2D eigenvalue weighted by Crippen LogP contribution is -2.46. The highest BCUT2D eigenvalue weighted by molar-refractivity contribution is 5.69. The van der Waals surface area contributed by atoms with Crippen molar-refractivity contribution in [2.75, 3.05) is 19.8 Å². The number of aliphatic hydroxyl groups excluding tert-OH is 1. The maximum absolute atomic E-state index is 11.4. The molecule has 0 spiro atoms.